The van der Waals surface area contributed by atoms with Crippen molar-refractivity contribution in [3.8, 4) is 0 Å². The van der Waals surface area contributed by atoms with Gasteiger partial charge in [0.05, 0.1) is 17.2 Å². The number of rotatable bonds is 6. The highest BCUT2D eigenvalue weighted by Crippen LogP contribution is 2.21. The molecule has 0 heterocycles. The molecule has 1 amide bonds. The second kappa shape index (κ2) is 6.81. The maximum Gasteiger partial charge on any atom is 0.271 e. The highest BCUT2D eigenvalue weighted by Gasteiger charge is 2.19. The maximum absolute atomic E-state index is 11.6. The Morgan fingerprint density at radius 3 is 2.53 bits per heavy atom. The van der Waals surface area contributed by atoms with E-state index < -0.39 is 11.2 Å². The van der Waals surface area contributed by atoms with Crippen molar-refractivity contribution in [3.63, 3.8) is 0 Å². The lowest BCUT2D eigenvalue weighted by atomic mass is 10.2. The number of non-ortho nitro benzene ring substituents is 1. The van der Waals surface area contributed by atoms with Crippen LogP contribution in [0.1, 0.15) is 6.92 Å². The van der Waals surface area contributed by atoms with Crippen molar-refractivity contribution in [2.24, 2.45) is 0 Å². The number of benzene rings is 1. The van der Waals surface area contributed by atoms with Gasteiger partial charge in [0.1, 0.15) is 0 Å². The van der Waals surface area contributed by atoms with Gasteiger partial charge in [-0.25, -0.2) is 0 Å². The lowest BCUT2D eigenvalue weighted by molar-refractivity contribution is -0.384. The van der Waals surface area contributed by atoms with E-state index in [1.807, 2.05) is 0 Å². The van der Waals surface area contributed by atoms with Crippen LogP contribution in [0.25, 0.3) is 0 Å². The van der Waals surface area contributed by atoms with Gasteiger partial charge in [-0.1, -0.05) is 6.07 Å². The molecule has 0 N–H and O–H groups in total. The van der Waals surface area contributed by atoms with E-state index in [9.17, 15) is 14.9 Å². The fraction of sp³-hybridized carbons (Fsp3) is 0.417. The minimum atomic E-state index is -0.594. The van der Waals surface area contributed by atoms with Crippen LogP contribution in [0.15, 0.2) is 24.3 Å². The summed E-state index contributed by atoms with van der Waals surface area (Å²) in [4.78, 5) is 23.2. The van der Waals surface area contributed by atoms with E-state index in [0.29, 0.717) is 5.69 Å². The van der Waals surface area contributed by atoms with E-state index in [0.717, 1.165) is 0 Å². The third-order valence-electron chi connectivity index (χ3n) is 2.59. The van der Waals surface area contributed by atoms with E-state index in [4.69, 9.17) is 9.47 Å². The number of carbonyl (C=O) groups excluding carboxylic acids is 1. The number of anilines is 1. The fourth-order valence-corrected chi connectivity index (χ4v) is 1.58. The SMILES string of the molecule is COC(CN(C(C)=O)c1cccc([N+](=O)[O-])c1)OC. The first kappa shape index (κ1) is 15.1. The highest BCUT2D eigenvalue weighted by molar-refractivity contribution is 5.91. The number of nitro groups is 1. The summed E-state index contributed by atoms with van der Waals surface area (Å²) >= 11 is 0. The molecule has 0 saturated carbocycles. The fourth-order valence-electron chi connectivity index (χ4n) is 1.58. The van der Waals surface area contributed by atoms with E-state index >= 15 is 0 Å². The van der Waals surface area contributed by atoms with Crippen LogP contribution >= 0.6 is 0 Å². The van der Waals surface area contributed by atoms with Gasteiger partial charge >= 0.3 is 0 Å². The lowest BCUT2D eigenvalue weighted by Gasteiger charge is -2.25. The van der Waals surface area contributed by atoms with Gasteiger partial charge in [-0.3, -0.25) is 14.9 Å². The van der Waals surface area contributed by atoms with Crippen LogP contribution in [0, 0.1) is 10.1 Å². The average Bonchev–Trinajstić information content (AvgIpc) is 2.39. The molecule has 0 saturated heterocycles. The molecule has 0 radical (unpaired) electrons. The van der Waals surface area contributed by atoms with Crippen LogP contribution in [0.3, 0.4) is 0 Å². The summed E-state index contributed by atoms with van der Waals surface area (Å²) in [5.74, 6) is -0.250. The average molecular weight is 268 g/mol. The zero-order chi connectivity index (χ0) is 14.4. The molecule has 1 aromatic carbocycles. The van der Waals surface area contributed by atoms with Crippen molar-refractivity contribution < 1.29 is 19.2 Å². The number of hydrogen-bond acceptors (Lipinski definition) is 5. The minimum absolute atomic E-state index is 0.0740. The molecule has 104 valence electrons. The largest absolute Gasteiger partial charge is 0.354 e. The number of hydrogen-bond donors (Lipinski definition) is 0. The van der Waals surface area contributed by atoms with Crippen molar-refractivity contribution in [2.75, 3.05) is 25.7 Å². The molecule has 0 aromatic heterocycles. The van der Waals surface area contributed by atoms with Crippen LogP contribution in [0.2, 0.25) is 0 Å². The maximum atomic E-state index is 11.6. The van der Waals surface area contributed by atoms with Crippen molar-refractivity contribution in [1.82, 2.24) is 0 Å². The Balaban J connectivity index is 3.02. The summed E-state index contributed by atoms with van der Waals surface area (Å²) in [6, 6.07) is 5.85. The number of nitrogens with zero attached hydrogens (tertiary/aromatic N) is 2. The Kier molecular flexibility index (Phi) is 5.40. The molecule has 7 nitrogen and oxygen atoms in total. The molecule has 0 fully saturated rings. The van der Waals surface area contributed by atoms with Crippen LogP contribution in [0.4, 0.5) is 11.4 Å². The molecule has 1 aromatic rings. The molecule has 0 aliphatic carbocycles. The predicted octanol–water partition coefficient (Wildman–Crippen LogP) is 1.57. The third kappa shape index (κ3) is 4.01. The van der Waals surface area contributed by atoms with Gasteiger partial charge in [0.25, 0.3) is 5.69 Å². The van der Waals surface area contributed by atoms with Gasteiger partial charge in [0, 0.05) is 33.3 Å². The van der Waals surface area contributed by atoms with E-state index in [-0.39, 0.29) is 18.1 Å². The topological polar surface area (TPSA) is 81.9 Å². The number of carbonyl (C=O) groups is 1. The smallest absolute Gasteiger partial charge is 0.271 e. The van der Waals surface area contributed by atoms with Crippen molar-refractivity contribution >= 4 is 17.3 Å². The van der Waals surface area contributed by atoms with Crippen LogP contribution in [-0.2, 0) is 14.3 Å². The molecule has 0 atom stereocenters. The summed E-state index contributed by atoms with van der Waals surface area (Å²) in [5.41, 5.74) is 0.357. The summed E-state index contributed by atoms with van der Waals surface area (Å²) in [6.07, 6.45) is -0.594. The van der Waals surface area contributed by atoms with Gasteiger partial charge in [0.15, 0.2) is 6.29 Å². The van der Waals surface area contributed by atoms with Crippen LogP contribution in [-0.4, -0.2) is 37.9 Å². The molecular formula is C12H16N2O5. The molecule has 0 spiro atoms. The number of methoxy groups -OCH3 is 2. The predicted molar refractivity (Wildman–Crippen MR) is 68.9 cm³/mol. The summed E-state index contributed by atoms with van der Waals surface area (Å²) in [5, 5.41) is 10.7. The number of nitro benzene ring substituents is 1. The second-order valence-electron chi connectivity index (χ2n) is 3.81. The standard InChI is InChI=1S/C12H16N2O5/c1-9(15)13(8-12(18-2)19-3)10-5-4-6-11(7-10)14(16)17/h4-7,12H,8H2,1-3H3. The van der Waals surface area contributed by atoms with Gasteiger partial charge in [0.2, 0.25) is 5.91 Å². The molecule has 0 unspecified atom stereocenters. The first-order valence-corrected chi connectivity index (χ1v) is 5.57. The Morgan fingerprint density at radius 2 is 2.05 bits per heavy atom. The molecule has 0 aliphatic heterocycles. The molecule has 1 rings (SSSR count). The van der Waals surface area contributed by atoms with E-state index in [2.05, 4.69) is 0 Å². The van der Waals surface area contributed by atoms with Crippen LogP contribution in [0.5, 0.6) is 0 Å². The van der Waals surface area contributed by atoms with Gasteiger partial charge in [-0.15, -0.1) is 0 Å². The molecule has 0 aliphatic rings. The van der Waals surface area contributed by atoms with E-state index in [1.54, 1.807) is 6.07 Å². The van der Waals surface area contributed by atoms with Crippen LogP contribution < -0.4 is 4.90 Å². The van der Waals surface area contributed by atoms with Gasteiger partial charge in [-0.05, 0) is 6.07 Å². The normalized spacial score (nSPS) is 10.5. The first-order chi connectivity index (χ1) is 8.99. The zero-order valence-electron chi connectivity index (χ0n) is 11.0. The van der Waals surface area contributed by atoms with Crippen molar-refractivity contribution in [3.05, 3.63) is 34.4 Å². The summed E-state index contributed by atoms with van der Waals surface area (Å²) in [7, 11) is 2.92. The molecular weight excluding hydrogens is 252 g/mol. The Morgan fingerprint density at radius 1 is 1.42 bits per heavy atom. The van der Waals surface area contributed by atoms with Gasteiger partial charge < -0.3 is 14.4 Å². The second-order valence-corrected chi connectivity index (χ2v) is 3.81. The Labute approximate surface area is 110 Å². The monoisotopic (exact) mass is 268 g/mol. The zero-order valence-corrected chi connectivity index (χ0v) is 11.0. The summed E-state index contributed by atoms with van der Waals surface area (Å²) in [6.45, 7) is 1.53. The van der Waals surface area contributed by atoms with Gasteiger partial charge in [-0.2, -0.15) is 0 Å². The summed E-state index contributed by atoms with van der Waals surface area (Å²) < 4.78 is 10.1. The first-order valence-electron chi connectivity index (χ1n) is 5.57. The number of amides is 1. The quantitative estimate of drug-likeness (QED) is 0.444. The van der Waals surface area contributed by atoms with Crippen molar-refractivity contribution in [1.29, 1.82) is 0 Å². The highest BCUT2D eigenvalue weighted by atomic mass is 16.7. The number of ether oxygens (including phenoxy) is 2. The Bertz CT molecular complexity index is 459. The molecule has 19 heavy (non-hydrogen) atoms. The third-order valence-corrected chi connectivity index (χ3v) is 2.59. The Hall–Kier alpha value is -1.99. The molecule has 7 heteroatoms. The minimum Gasteiger partial charge on any atom is -0.354 e. The van der Waals surface area contributed by atoms with Crippen molar-refractivity contribution in [2.45, 2.75) is 13.2 Å². The van der Waals surface area contributed by atoms with E-state index in [1.165, 1.54) is 44.2 Å². The molecule has 0 bridgehead atoms. The lowest BCUT2D eigenvalue weighted by Crippen LogP contribution is -2.37.